The molecule has 1 amide bonds. The molecule has 1 aromatic heterocycles. The van der Waals surface area contributed by atoms with Crippen LogP contribution in [-0.4, -0.2) is 34.7 Å². The van der Waals surface area contributed by atoms with E-state index >= 15 is 0 Å². The van der Waals surface area contributed by atoms with Gasteiger partial charge in [-0.3, -0.25) is 14.9 Å². The van der Waals surface area contributed by atoms with Gasteiger partial charge in [0.05, 0.1) is 6.07 Å². The van der Waals surface area contributed by atoms with E-state index in [9.17, 15) is 14.9 Å². The van der Waals surface area contributed by atoms with E-state index in [1.165, 1.54) is 11.0 Å². The van der Waals surface area contributed by atoms with Crippen LogP contribution in [0.1, 0.15) is 23.9 Å². The predicted octanol–water partition coefficient (Wildman–Crippen LogP) is 2.28. The largest absolute Gasteiger partial charge is 0.433 e. The van der Waals surface area contributed by atoms with Gasteiger partial charge in [-0.05, 0) is 19.4 Å². The molecule has 0 saturated heterocycles. The van der Waals surface area contributed by atoms with Gasteiger partial charge >= 0.3 is 5.88 Å². The molecule has 7 heteroatoms. The molecule has 1 heterocycles. The van der Waals surface area contributed by atoms with Crippen molar-refractivity contribution in [3.63, 3.8) is 0 Å². The van der Waals surface area contributed by atoms with Gasteiger partial charge in [-0.1, -0.05) is 0 Å². The Balaban J connectivity index is 2.65. The Hall–Kier alpha value is -1.56. The molecule has 1 rings (SSSR count). The van der Waals surface area contributed by atoms with E-state index < -0.39 is 16.7 Å². The second-order valence-electron chi connectivity index (χ2n) is 3.69. The van der Waals surface area contributed by atoms with Crippen molar-refractivity contribution in [2.75, 3.05) is 13.6 Å². The molecule has 0 radical (unpaired) electrons. The summed E-state index contributed by atoms with van der Waals surface area (Å²) < 4.78 is 4.81. The molecule has 94 valence electrons. The fourth-order valence-electron chi connectivity index (χ4n) is 1.20. The van der Waals surface area contributed by atoms with E-state index in [2.05, 4.69) is 0 Å². The summed E-state index contributed by atoms with van der Waals surface area (Å²) in [6, 6.07) is 2.45. The first kappa shape index (κ1) is 13.5. The summed E-state index contributed by atoms with van der Waals surface area (Å²) in [6.45, 7) is 2.30. The van der Waals surface area contributed by atoms with Crippen LogP contribution < -0.4 is 0 Å². The van der Waals surface area contributed by atoms with Gasteiger partial charge in [-0.25, -0.2) is 0 Å². The van der Waals surface area contributed by atoms with Crippen molar-refractivity contribution in [1.29, 1.82) is 0 Å². The van der Waals surface area contributed by atoms with Crippen molar-refractivity contribution < 1.29 is 14.1 Å². The average molecular weight is 261 g/mol. The van der Waals surface area contributed by atoms with Gasteiger partial charge in [0, 0.05) is 19.0 Å². The standard InChI is InChI=1S/C10H13ClN2O4/c1-7(11)5-6-12(2)10(14)8-3-4-9(17-8)13(15)16/h3-4,7H,5-6H2,1-2H3. The number of hydrogen-bond acceptors (Lipinski definition) is 4. The summed E-state index contributed by atoms with van der Waals surface area (Å²) in [7, 11) is 1.59. The van der Waals surface area contributed by atoms with E-state index in [1.807, 2.05) is 6.92 Å². The maximum Gasteiger partial charge on any atom is 0.433 e. The van der Waals surface area contributed by atoms with Crippen LogP contribution in [-0.2, 0) is 0 Å². The molecule has 0 bridgehead atoms. The first-order valence-electron chi connectivity index (χ1n) is 5.05. The van der Waals surface area contributed by atoms with Gasteiger partial charge in [0.2, 0.25) is 0 Å². The maximum absolute atomic E-state index is 11.8. The van der Waals surface area contributed by atoms with Gasteiger partial charge < -0.3 is 9.32 Å². The fourth-order valence-corrected chi connectivity index (χ4v) is 1.30. The Bertz CT molecular complexity index is 416. The highest BCUT2D eigenvalue weighted by atomic mass is 35.5. The van der Waals surface area contributed by atoms with Crippen molar-refractivity contribution in [3.8, 4) is 0 Å². The summed E-state index contributed by atoms with van der Waals surface area (Å²) in [5.41, 5.74) is 0. The number of alkyl halides is 1. The molecule has 6 nitrogen and oxygen atoms in total. The number of carbonyl (C=O) groups is 1. The van der Waals surface area contributed by atoms with Crippen molar-refractivity contribution in [2.45, 2.75) is 18.7 Å². The minimum Gasteiger partial charge on any atom is -0.395 e. The summed E-state index contributed by atoms with van der Waals surface area (Å²) in [5, 5.41) is 10.4. The second-order valence-corrected chi connectivity index (χ2v) is 4.44. The molecule has 1 unspecified atom stereocenters. The topological polar surface area (TPSA) is 76.6 Å². The number of hydrogen-bond donors (Lipinski definition) is 0. The Kier molecular flexibility index (Phi) is 4.51. The second kappa shape index (κ2) is 5.67. The highest BCUT2D eigenvalue weighted by molar-refractivity contribution is 6.20. The Morgan fingerprint density at radius 1 is 1.65 bits per heavy atom. The molecule has 0 aliphatic heterocycles. The lowest BCUT2D eigenvalue weighted by atomic mass is 10.3. The van der Waals surface area contributed by atoms with Crippen LogP contribution in [0.25, 0.3) is 0 Å². The molecule has 1 aromatic rings. The number of halogens is 1. The molecule has 0 spiro atoms. The molecule has 0 aliphatic carbocycles. The first-order valence-corrected chi connectivity index (χ1v) is 5.49. The minimum absolute atomic E-state index is 0.0313. The zero-order chi connectivity index (χ0) is 13.0. The Morgan fingerprint density at radius 2 is 2.29 bits per heavy atom. The number of nitrogens with zero attached hydrogens (tertiary/aromatic N) is 2. The first-order chi connectivity index (χ1) is 7.91. The summed E-state index contributed by atoms with van der Waals surface area (Å²) in [5.74, 6) is -0.871. The molecule has 0 saturated carbocycles. The number of furan rings is 1. The molecule has 0 aromatic carbocycles. The molecule has 0 aliphatic rings. The highest BCUT2D eigenvalue weighted by Crippen LogP contribution is 2.17. The predicted molar refractivity (Wildman–Crippen MR) is 62.3 cm³/mol. The normalized spacial score (nSPS) is 12.2. The van der Waals surface area contributed by atoms with E-state index in [-0.39, 0.29) is 11.1 Å². The van der Waals surface area contributed by atoms with E-state index in [0.29, 0.717) is 13.0 Å². The van der Waals surface area contributed by atoms with Crippen LogP contribution in [0.15, 0.2) is 16.5 Å². The van der Waals surface area contributed by atoms with Crippen LogP contribution >= 0.6 is 11.6 Å². The van der Waals surface area contributed by atoms with Crippen LogP contribution in [0.3, 0.4) is 0 Å². The molecule has 0 N–H and O–H groups in total. The van der Waals surface area contributed by atoms with E-state index in [1.54, 1.807) is 7.05 Å². The van der Waals surface area contributed by atoms with E-state index in [4.69, 9.17) is 16.0 Å². The summed E-state index contributed by atoms with van der Waals surface area (Å²) >= 11 is 5.77. The average Bonchev–Trinajstić information content (AvgIpc) is 2.73. The zero-order valence-corrected chi connectivity index (χ0v) is 10.3. The quantitative estimate of drug-likeness (QED) is 0.462. The van der Waals surface area contributed by atoms with Crippen molar-refractivity contribution in [2.24, 2.45) is 0 Å². The molecule has 0 fully saturated rings. The maximum atomic E-state index is 11.8. The Labute approximate surface area is 103 Å². The lowest BCUT2D eigenvalue weighted by Crippen LogP contribution is -2.28. The lowest BCUT2D eigenvalue weighted by Gasteiger charge is -2.15. The SMILES string of the molecule is CC(Cl)CCN(C)C(=O)c1ccc([N+](=O)[O-])o1. The van der Waals surface area contributed by atoms with Gasteiger partial charge in [0.15, 0.2) is 5.76 Å². The minimum atomic E-state index is -0.683. The van der Waals surface area contributed by atoms with Gasteiger partial charge in [-0.15, -0.1) is 11.6 Å². The van der Waals surface area contributed by atoms with E-state index in [0.717, 1.165) is 6.07 Å². The summed E-state index contributed by atoms with van der Waals surface area (Å²) in [6.07, 6.45) is 0.645. The lowest BCUT2D eigenvalue weighted by molar-refractivity contribution is -0.402. The zero-order valence-electron chi connectivity index (χ0n) is 9.55. The van der Waals surface area contributed by atoms with Gasteiger partial charge in [0.1, 0.15) is 4.92 Å². The Morgan fingerprint density at radius 3 is 2.76 bits per heavy atom. The van der Waals surface area contributed by atoms with Crippen molar-refractivity contribution >= 4 is 23.4 Å². The fraction of sp³-hybridized carbons (Fsp3) is 0.500. The molecular formula is C10H13ClN2O4. The number of nitro groups is 1. The number of rotatable bonds is 5. The molecule has 1 atom stereocenters. The van der Waals surface area contributed by atoms with Gasteiger partial charge in [-0.2, -0.15) is 0 Å². The number of carbonyl (C=O) groups excluding carboxylic acids is 1. The van der Waals surface area contributed by atoms with Crippen LogP contribution in [0.5, 0.6) is 0 Å². The van der Waals surface area contributed by atoms with Crippen LogP contribution in [0.4, 0.5) is 5.88 Å². The van der Waals surface area contributed by atoms with Crippen LogP contribution in [0.2, 0.25) is 0 Å². The summed E-state index contributed by atoms with van der Waals surface area (Å²) in [4.78, 5) is 22.9. The number of amides is 1. The third kappa shape index (κ3) is 3.74. The van der Waals surface area contributed by atoms with Crippen LogP contribution in [0, 0.1) is 10.1 Å². The molecular weight excluding hydrogens is 248 g/mol. The smallest absolute Gasteiger partial charge is 0.395 e. The third-order valence-corrected chi connectivity index (χ3v) is 2.41. The highest BCUT2D eigenvalue weighted by Gasteiger charge is 2.20. The van der Waals surface area contributed by atoms with Gasteiger partial charge in [0.25, 0.3) is 5.91 Å². The van der Waals surface area contributed by atoms with Crippen molar-refractivity contribution in [3.05, 3.63) is 28.0 Å². The van der Waals surface area contributed by atoms with Crippen molar-refractivity contribution in [1.82, 2.24) is 4.90 Å². The monoisotopic (exact) mass is 260 g/mol. The molecule has 17 heavy (non-hydrogen) atoms. The third-order valence-electron chi connectivity index (χ3n) is 2.19.